The standard InChI is InChI=1S/C2H2Cl2N4O2/c3-5-1(9)7-8-2(10)6-4/h(H,5,9)(H,6,10)/b8-7+. The van der Waals surface area contributed by atoms with Crippen molar-refractivity contribution in [2.45, 2.75) is 0 Å². The first-order chi connectivity index (χ1) is 4.70. The first-order valence-corrected chi connectivity index (χ1v) is 2.69. The van der Waals surface area contributed by atoms with E-state index in [2.05, 4.69) is 10.2 Å². The lowest BCUT2D eigenvalue weighted by molar-refractivity contribution is 0.246. The van der Waals surface area contributed by atoms with Crippen LogP contribution in [0.25, 0.3) is 0 Å². The van der Waals surface area contributed by atoms with Crippen molar-refractivity contribution in [3.63, 3.8) is 0 Å². The molecule has 0 rings (SSSR count). The third kappa shape index (κ3) is 4.04. The van der Waals surface area contributed by atoms with E-state index in [9.17, 15) is 9.59 Å². The molecule has 0 heterocycles. The molecule has 0 aromatic heterocycles. The summed E-state index contributed by atoms with van der Waals surface area (Å²) in [7, 11) is 0. The number of halogens is 2. The van der Waals surface area contributed by atoms with Gasteiger partial charge in [0.25, 0.3) is 0 Å². The second-order valence-corrected chi connectivity index (χ2v) is 1.38. The highest BCUT2D eigenvalue weighted by Crippen LogP contribution is 1.81. The van der Waals surface area contributed by atoms with Gasteiger partial charge in [-0.05, 0) is 0 Å². The van der Waals surface area contributed by atoms with E-state index < -0.39 is 12.1 Å². The summed E-state index contributed by atoms with van der Waals surface area (Å²) in [5, 5.41) is 5.52. The summed E-state index contributed by atoms with van der Waals surface area (Å²) >= 11 is 9.52. The Kier molecular flexibility index (Phi) is 4.51. The van der Waals surface area contributed by atoms with E-state index >= 15 is 0 Å². The number of azo groups is 1. The van der Waals surface area contributed by atoms with E-state index in [-0.39, 0.29) is 0 Å². The Balaban J connectivity index is 3.75. The van der Waals surface area contributed by atoms with Gasteiger partial charge in [-0.3, -0.25) is 0 Å². The SMILES string of the molecule is O=C(/N=N/C(=O)NCl)NCl. The van der Waals surface area contributed by atoms with Gasteiger partial charge in [-0.25, -0.2) is 19.3 Å². The van der Waals surface area contributed by atoms with Crippen LogP contribution in [0.1, 0.15) is 0 Å². The largest absolute Gasteiger partial charge is 0.374 e. The van der Waals surface area contributed by atoms with Crippen LogP contribution in [0.4, 0.5) is 9.59 Å². The van der Waals surface area contributed by atoms with Crippen LogP contribution in [-0.2, 0) is 0 Å². The van der Waals surface area contributed by atoms with Gasteiger partial charge in [0, 0.05) is 23.6 Å². The maximum absolute atomic E-state index is 10.1. The summed E-state index contributed by atoms with van der Waals surface area (Å²) in [6.07, 6.45) is 0. The topological polar surface area (TPSA) is 82.9 Å². The molecule has 0 saturated carbocycles. The van der Waals surface area contributed by atoms with Crippen molar-refractivity contribution in [1.29, 1.82) is 0 Å². The molecule has 56 valence electrons. The molecular formula is C2H2Cl2N4O2. The van der Waals surface area contributed by atoms with Crippen LogP contribution in [0.15, 0.2) is 10.2 Å². The highest BCUT2D eigenvalue weighted by molar-refractivity contribution is 6.22. The molecule has 0 spiro atoms. The average molecular weight is 185 g/mol. The molecule has 6 nitrogen and oxygen atoms in total. The number of nitrogens with zero attached hydrogens (tertiary/aromatic N) is 2. The molecule has 8 heteroatoms. The minimum Gasteiger partial charge on any atom is -0.247 e. The van der Waals surface area contributed by atoms with Crippen LogP contribution in [0, 0.1) is 0 Å². The van der Waals surface area contributed by atoms with Crippen molar-refractivity contribution in [1.82, 2.24) is 9.67 Å². The summed E-state index contributed by atoms with van der Waals surface area (Å²) in [6, 6.07) is -1.89. The fourth-order valence-corrected chi connectivity index (χ4v) is 0.204. The Morgan fingerprint density at radius 1 is 1.00 bits per heavy atom. The maximum Gasteiger partial charge on any atom is 0.374 e. The van der Waals surface area contributed by atoms with Gasteiger partial charge in [-0.1, -0.05) is 10.2 Å². The van der Waals surface area contributed by atoms with Crippen molar-refractivity contribution >= 4 is 35.6 Å². The number of rotatable bonds is 0. The summed E-state index contributed by atoms with van der Waals surface area (Å²) in [5.41, 5.74) is 0. The Morgan fingerprint density at radius 2 is 1.30 bits per heavy atom. The second-order valence-electron chi connectivity index (χ2n) is 0.999. The summed E-state index contributed by atoms with van der Waals surface area (Å²) < 4.78 is 0. The highest BCUT2D eigenvalue weighted by atomic mass is 35.5. The Labute approximate surface area is 65.8 Å². The average Bonchev–Trinajstić information content (AvgIpc) is 1.99. The molecule has 4 amide bonds. The van der Waals surface area contributed by atoms with Crippen molar-refractivity contribution < 1.29 is 9.59 Å². The van der Waals surface area contributed by atoms with Crippen LogP contribution in [0.2, 0.25) is 0 Å². The summed E-state index contributed by atoms with van der Waals surface area (Å²) in [4.78, 5) is 23.4. The maximum atomic E-state index is 10.1. The van der Waals surface area contributed by atoms with E-state index in [0.717, 1.165) is 0 Å². The van der Waals surface area contributed by atoms with Crippen molar-refractivity contribution in [2.75, 3.05) is 0 Å². The fraction of sp³-hybridized carbons (Fsp3) is 0. The van der Waals surface area contributed by atoms with Crippen LogP contribution in [0.5, 0.6) is 0 Å². The van der Waals surface area contributed by atoms with Crippen molar-refractivity contribution in [2.24, 2.45) is 10.2 Å². The quantitative estimate of drug-likeness (QED) is 0.438. The predicted molar refractivity (Wildman–Crippen MR) is 33.6 cm³/mol. The van der Waals surface area contributed by atoms with E-state index in [1.54, 1.807) is 9.67 Å². The monoisotopic (exact) mass is 184 g/mol. The van der Waals surface area contributed by atoms with Crippen LogP contribution in [-0.4, -0.2) is 12.1 Å². The van der Waals surface area contributed by atoms with Gasteiger partial charge >= 0.3 is 12.1 Å². The Bertz CT molecular complexity index is 151. The first kappa shape index (κ1) is 9.12. The van der Waals surface area contributed by atoms with Gasteiger partial charge in [-0.2, -0.15) is 0 Å². The first-order valence-electron chi connectivity index (χ1n) is 1.93. The third-order valence-electron chi connectivity index (χ3n) is 0.393. The number of hydrogen-bond donors (Lipinski definition) is 2. The highest BCUT2D eigenvalue weighted by Gasteiger charge is 1.96. The van der Waals surface area contributed by atoms with E-state index in [0.29, 0.717) is 0 Å². The van der Waals surface area contributed by atoms with Gasteiger partial charge < -0.3 is 0 Å². The molecule has 2 N–H and O–H groups in total. The molecule has 10 heavy (non-hydrogen) atoms. The van der Waals surface area contributed by atoms with Gasteiger partial charge in [0.2, 0.25) is 0 Å². The zero-order chi connectivity index (χ0) is 7.98. The molecule has 0 aromatic rings. The smallest absolute Gasteiger partial charge is 0.247 e. The zero-order valence-electron chi connectivity index (χ0n) is 4.47. The van der Waals surface area contributed by atoms with Crippen LogP contribution in [0.3, 0.4) is 0 Å². The number of hydrogen-bond acceptors (Lipinski definition) is 2. The zero-order valence-corrected chi connectivity index (χ0v) is 5.98. The normalized spacial score (nSPS) is 9.40. The summed E-state index contributed by atoms with van der Waals surface area (Å²) in [6.45, 7) is 0. The molecule has 0 atom stereocenters. The van der Waals surface area contributed by atoms with E-state index in [4.69, 9.17) is 23.6 Å². The molecule has 0 aliphatic carbocycles. The lowest BCUT2D eigenvalue weighted by Gasteiger charge is -1.84. The van der Waals surface area contributed by atoms with Gasteiger partial charge in [0.15, 0.2) is 0 Å². The third-order valence-corrected chi connectivity index (χ3v) is 0.717. The molecule has 0 saturated heterocycles. The predicted octanol–water partition coefficient (Wildman–Crippen LogP) is 1.17. The Morgan fingerprint density at radius 3 is 1.50 bits per heavy atom. The molecule has 0 fully saturated rings. The van der Waals surface area contributed by atoms with Crippen LogP contribution < -0.4 is 9.67 Å². The minimum atomic E-state index is -0.943. The lowest BCUT2D eigenvalue weighted by atomic mass is 11.1. The molecule has 0 radical (unpaired) electrons. The van der Waals surface area contributed by atoms with Gasteiger partial charge in [0.1, 0.15) is 0 Å². The molecule has 0 aliphatic rings. The molecule has 0 unspecified atom stereocenters. The minimum absolute atomic E-state index is 0.943. The van der Waals surface area contributed by atoms with Crippen molar-refractivity contribution in [3.05, 3.63) is 0 Å². The number of amides is 4. The van der Waals surface area contributed by atoms with Gasteiger partial charge in [0.05, 0.1) is 0 Å². The van der Waals surface area contributed by atoms with E-state index in [1.165, 1.54) is 0 Å². The molecule has 0 bridgehead atoms. The van der Waals surface area contributed by atoms with E-state index in [1.807, 2.05) is 0 Å². The molecule has 0 aromatic carbocycles. The molecule has 0 aliphatic heterocycles. The number of carbonyl (C=O) groups excluding carboxylic acids is 2. The van der Waals surface area contributed by atoms with Crippen molar-refractivity contribution in [3.8, 4) is 0 Å². The van der Waals surface area contributed by atoms with Crippen LogP contribution >= 0.6 is 23.6 Å². The number of urea groups is 2. The number of nitrogens with one attached hydrogen (secondary N) is 2. The summed E-state index contributed by atoms with van der Waals surface area (Å²) in [5.74, 6) is 0. The lowest BCUT2D eigenvalue weighted by Crippen LogP contribution is -2.09. The number of carbonyl (C=O) groups is 2. The second kappa shape index (κ2) is 4.95. The fourth-order valence-electron chi connectivity index (χ4n) is 0.129. The van der Waals surface area contributed by atoms with Gasteiger partial charge in [-0.15, -0.1) is 0 Å². The molecular weight excluding hydrogens is 183 g/mol. The Hall–Kier alpha value is -0.880.